The first kappa shape index (κ1) is 16.6. The highest BCUT2D eigenvalue weighted by Crippen LogP contribution is 2.34. The first-order valence-corrected chi connectivity index (χ1v) is 8.69. The Balaban J connectivity index is 2.01. The van der Waals surface area contributed by atoms with E-state index in [2.05, 4.69) is 43.2 Å². The van der Waals surface area contributed by atoms with Gasteiger partial charge in [-0.05, 0) is 71.7 Å². The standard InChI is InChI=1S/C18H32N2O/c1-5-19(6-2)12-8-9-14(3)20-15(4)13-16-17(20)10-7-11-18(16)21/h13-14,18,21H,5-12H2,1-4H3. The molecule has 0 saturated heterocycles. The summed E-state index contributed by atoms with van der Waals surface area (Å²) in [5.41, 5.74) is 3.90. The van der Waals surface area contributed by atoms with Crippen LogP contribution in [0.3, 0.4) is 0 Å². The molecule has 2 rings (SSSR count). The minimum atomic E-state index is -0.239. The van der Waals surface area contributed by atoms with Gasteiger partial charge in [0.25, 0.3) is 0 Å². The highest BCUT2D eigenvalue weighted by Gasteiger charge is 2.24. The first-order valence-electron chi connectivity index (χ1n) is 8.69. The van der Waals surface area contributed by atoms with Gasteiger partial charge in [0.15, 0.2) is 0 Å². The summed E-state index contributed by atoms with van der Waals surface area (Å²) in [6.07, 6.45) is 5.39. The molecule has 1 aromatic heterocycles. The van der Waals surface area contributed by atoms with Crippen LogP contribution in [-0.2, 0) is 6.42 Å². The van der Waals surface area contributed by atoms with Gasteiger partial charge in [0, 0.05) is 23.0 Å². The van der Waals surface area contributed by atoms with Gasteiger partial charge in [-0.25, -0.2) is 0 Å². The molecule has 21 heavy (non-hydrogen) atoms. The number of hydrogen-bond donors (Lipinski definition) is 1. The van der Waals surface area contributed by atoms with Gasteiger partial charge in [-0.1, -0.05) is 13.8 Å². The van der Waals surface area contributed by atoms with Crippen molar-refractivity contribution in [3.8, 4) is 0 Å². The van der Waals surface area contributed by atoms with Gasteiger partial charge in [-0.3, -0.25) is 0 Å². The van der Waals surface area contributed by atoms with E-state index in [4.69, 9.17) is 0 Å². The topological polar surface area (TPSA) is 28.4 Å². The second-order valence-corrected chi connectivity index (χ2v) is 6.48. The molecule has 1 heterocycles. The van der Waals surface area contributed by atoms with Crippen LogP contribution in [0.15, 0.2) is 6.07 Å². The summed E-state index contributed by atoms with van der Waals surface area (Å²) < 4.78 is 2.49. The fraction of sp³-hybridized carbons (Fsp3) is 0.778. The van der Waals surface area contributed by atoms with Gasteiger partial charge in [-0.15, -0.1) is 0 Å². The summed E-state index contributed by atoms with van der Waals surface area (Å²) in [5, 5.41) is 10.2. The van der Waals surface area contributed by atoms with Crippen molar-refractivity contribution in [2.45, 2.75) is 71.9 Å². The van der Waals surface area contributed by atoms with Crippen LogP contribution >= 0.6 is 0 Å². The molecular formula is C18H32N2O. The molecule has 1 aliphatic rings. The van der Waals surface area contributed by atoms with Crippen LogP contribution in [0, 0.1) is 6.92 Å². The lowest BCUT2D eigenvalue weighted by atomic mass is 9.95. The van der Waals surface area contributed by atoms with Gasteiger partial charge in [-0.2, -0.15) is 0 Å². The molecule has 1 N–H and O–H groups in total. The number of aliphatic hydroxyl groups is 1. The predicted molar refractivity (Wildman–Crippen MR) is 88.8 cm³/mol. The van der Waals surface area contributed by atoms with Crippen molar-refractivity contribution in [2.24, 2.45) is 0 Å². The molecule has 0 aliphatic heterocycles. The second-order valence-electron chi connectivity index (χ2n) is 6.48. The van der Waals surface area contributed by atoms with E-state index in [-0.39, 0.29) is 6.10 Å². The maximum absolute atomic E-state index is 10.2. The Hall–Kier alpha value is -0.800. The number of rotatable bonds is 7. The molecule has 3 nitrogen and oxygen atoms in total. The Morgan fingerprint density at radius 3 is 2.76 bits per heavy atom. The van der Waals surface area contributed by atoms with E-state index in [0.29, 0.717) is 6.04 Å². The van der Waals surface area contributed by atoms with Crippen LogP contribution in [0.1, 0.15) is 75.6 Å². The van der Waals surface area contributed by atoms with E-state index >= 15 is 0 Å². The number of aliphatic hydroxyl groups excluding tert-OH is 1. The Morgan fingerprint density at radius 1 is 1.38 bits per heavy atom. The van der Waals surface area contributed by atoms with Crippen LogP contribution in [0.25, 0.3) is 0 Å². The van der Waals surface area contributed by atoms with Crippen LogP contribution < -0.4 is 0 Å². The summed E-state index contributed by atoms with van der Waals surface area (Å²) in [5.74, 6) is 0. The number of nitrogens with zero attached hydrogens (tertiary/aromatic N) is 2. The third-order valence-corrected chi connectivity index (χ3v) is 5.05. The van der Waals surface area contributed by atoms with E-state index in [0.717, 1.165) is 32.4 Å². The lowest BCUT2D eigenvalue weighted by molar-refractivity contribution is 0.155. The van der Waals surface area contributed by atoms with Gasteiger partial charge in [0.1, 0.15) is 0 Å². The second kappa shape index (κ2) is 7.46. The average molecular weight is 292 g/mol. The predicted octanol–water partition coefficient (Wildman–Crippen LogP) is 3.85. The lowest BCUT2D eigenvalue weighted by Gasteiger charge is -2.25. The highest BCUT2D eigenvalue weighted by molar-refractivity contribution is 5.32. The van der Waals surface area contributed by atoms with Crippen LogP contribution in [-0.4, -0.2) is 34.2 Å². The highest BCUT2D eigenvalue weighted by atomic mass is 16.3. The van der Waals surface area contributed by atoms with Gasteiger partial charge < -0.3 is 14.6 Å². The van der Waals surface area contributed by atoms with E-state index in [1.54, 1.807) is 0 Å². The minimum absolute atomic E-state index is 0.239. The summed E-state index contributed by atoms with van der Waals surface area (Å²) >= 11 is 0. The zero-order valence-corrected chi connectivity index (χ0v) is 14.2. The zero-order chi connectivity index (χ0) is 15.4. The van der Waals surface area contributed by atoms with Crippen LogP contribution in [0.5, 0.6) is 0 Å². The van der Waals surface area contributed by atoms with Crippen molar-refractivity contribution >= 4 is 0 Å². The molecule has 1 aromatic rings. The van der Waals surface area contributed by atoms with E-state index in [9.17, 15) is 5.11 Å². The average Bonchev–Trinajstić information content (AvgIpc) is 2.81. The molecule has 0 saturated carbocycles. The first-order chi connectivity index (χ1) is 10.1. The molecule has 2 atom stereocenters. The molecule has 3 heteroatoms. The fourth-order valence-corrected chi connectivity index (χ4v) is 3.79. The molecule has 0 radical (unpaired) electrons. The maximum atomic E-state index is 10.2. The Bertz CT molecular complexity index is 448. The Labute approximate surface area is 130 Å². The van der Waals surface area contributed by atoms with Crippen LogP contribution in [0.2, 0.25) is 0 Å². The molecule has 0 amide bonds. The zero-order valence-electron chi connectivity index (χ0n) is 14.2. The fourth-order valence-electron chi connectivity index (χ4n) is 3.79. The minimum Gasteiger partial charge on any atom is -0.388 e. The quantitative estimate of drug-likeness (QED) is 0.827. The molecule has 0 bridgehead atoms. The number of aromatic nitrogens is 1. The Morgan fingerprint density at radius 2 is 2.10 bits per heavy atom. The summed E-state index contributed by atoms with van der Waals surface area (Å²) in [6.45, 7) is 12.5. The number of fused-ring (bicyclic) bond motifs is 1. The summed E-state index contributed by atoms with van der Waals surface area (Å²) in [7, 11) is 0. The van der Waals surface area contributed by atoms with E-state index < -0.39 is 0 Å². The van der Waals surface area contributed by atoms with Crippen molar-refractivity contribution in [1.82, 2.24) is 9.47 Å². The maximum Gasteiger partial charge on any atom is 0.0807 e. The summed E-state index contributed by atoms with van der Waals surface area (Å²) in [6, 6.07) is 2.75. The molecule has 0 fully saturated rings. The van der Waals surface area contributed by atoms with Gasteiger partial charge in [0.05, 0.1) is 6.10 Å². The van der Waals surface area contributed by atoms with E-state index in [1.807, 2.05) is 0 Å². The van der Waals surface area contributed by atoms with Gasteiger partial charge in [0.2, 0.25) is 0 Å². The third kappa shape index (κ3) is 3.70. The molecule has 1 aliphatic carbocycles. The van der Waals surface area contributed by atoms with Crippen molar-refractivity contribution in [1.29, 1.82) is 0 Å². The summed E-state index contributed by atoms with van der Waals surface area (Å²) in [4.78, 5) is 2.49. The normalized spacial score (nSPS) is 19.8. The van der Waals surface area contributed by atoms with Crippen molar-refractivity contribution in [2.75, 3.05) is 19.6 Å². The lowest BCUT2D eigenvalue weighted by Crippen LogP contribution is -2.24. The van der Waals surface area contributed by atoms with Crippen molar-refractivity contribution in [3.63, 3.8) is 0 Å². The number of hydrogen-bond acceptors (Lipinski definition) is 2. The largest absolute Gasteiger partial charge is 0.388 e. The van der Waals surface area contributed by atoms with Gasteiger partial charge >= 0.3 is 0 Å². The monoisotopic (exact) mass is 292 g/mol. The van der Waals surface area contributed by atoms with Crippen LogP contribution in [0.4, 0.5) is 0 Å². The number of aryl methyl sites for hydroxylation is 1. The third-order valence-electron chi connectivity index (χ3n) is 5.05. The SMILES string of the molecule is CCN(CC)CCCC(C)n1c(C)cc2c1CCCC2O. The molecule has 0 spiro atoms. The smallest absolute Gasteiger partial charge is 0.0807 e. The molecular weight excluding hydrogens is 260 g/mol. The van der Waals surface area contributed by atoms with E-state index in [1.165, 1.54) is 36.3 Å². The molecule has 120 valence electrons. The van der Waals surface area contributed by atoms with Crippen molar-refractivity contribution < 1.29 is 5.11 Å². The molecule has 0 aromatic carbocycles. The Kier molecular flexibility index (Phi) is 5.88. The van der Waals surface area contributed by atoms with Crippen molar-refractivity contribution in [3.05, 3.63) is 23.0 Å². The molecule has 2 unspecified atom stereocenters.